The number of para-hydroxylation sites is 2. The number of benzene rings is 3. The number of carbonyl (C=O) groups is 1. The van der Waals surface area contributed by atoms with E-state index in [9.17, 15) is 18.3 Å². The van der Waals surface area contributed by atoms with Gasteiger partial charge in [0.05, 0.1) is 11.0 Å². The lowest BCUT2D eigenvalue weighted by molar-refractivity contribution is -0.192. The summed E-state index contributed by atoms with van der Waals surface area (Å²) in [5.41, 5.74) is 6.94. The summed E-state index contributed by atoms with van der Waals surface area (Å²) >= 11 is 0. The Labute approximate surface area is 212 Å². The van der Waals surface area contributed by atoms with Crippen molar-refractivity contribution >= 4 is 17.0 Å². The van der Waals surface area contributed by atoms with Gasteiger partial charge in [-0.05, 0) is 60.7 Å². The second-order valence-corrected chi connectivity index (χ2v) is 9.08. The molecule has 0 amide bonds. The maximum Gasteiger partial charge on any atom is 0.490 e. The fourth-order valence-corrected chi connectivity index (χ4v) is 4.30. The number of nitrogens with one attached hydrogen (secondary N) is 1. The number of carboxylic acid groups (broad SMARTS) is 1. The summed E-state index contributed by atoms with van der Waals surface area (Å²) in [6, 6.07) is 25.6. The Bertz CT molecular complexity index is 1280. The Balaban J connectivity index is 0.000000405. The molecule has 0 bridgehead atoms. The Kier molecular flexibility index (Phi) is 8.25. The average Bonchev–Trinajstić information content (AvgIpc) is 3.34. The summed E-state index contributed by atoms with van der Waals surface area (Å²) in [6.07, 6.45) is -2.88. The number of alkyl halides is 3. The van der Waals surface area contributed by atoms with Gasteiger partial charge in [0.2, 0.25) is 0 Å². The van der Waals surface area contributed by atoms with E-state index < -0.39 is 12.1 Å². The van der Waals surface area contributed by atoms with Gasteiger partial charge in [-0.2, -0.15) is 13.2 Å². The van der Waals surface area contributed by atoms with Crippen LogP contribution in [-0.4, -0.2) is 56.9 Å². The first kappa shape index (κ1) is 26.4. The molecular weight excluding hydrogens is 483 g/mol. The molecule has 1 aliphatic heterocycles. The Morgan fingerprint density at radius 3 is 2.00 bits per heavy atom. The van der Waals surface area contributed by atoms with Crippen LogP contribution in [0.4, 0.5) is 13.2 Å². The summed E-state index contributed by atoms with van der Waals surface area (Å²) in [6.45, 7) is 3.48. The molecule has 3 aromatic carbocycles. The van der Waals surface area contributed by atoms with Gasteiger partial charge in [-0.25, -0.2) is 9.78 Å². The van der Waals surface area contributed by atoms with Crippen LogP contribution in [-0.2, 0) is 11.3 Å². The van der Waals surface area contributed by atoms with Crippen LogP contribution in [0.3, 0.4) is 0 Å². The topological polar surface area (TPSA) is 89.4 Å². The van der Waals surface area contributed by atoms with Crippen molar-refractivity contribution in [3.05, 3.63) is 78.4 Å². The van der Waals surface area contributed by atoms with E-state index in [4.69, 9.17) is 9.90 Å². The van der Waals surface area contributed by atoms with Gasteiger partial charge < -0.3 is 15.2 Å². The van der Waals surface area contributed by atoms with Crippen molar-refractivity contribution in [2.45, 2.75) is 25.6 Å². The van der Waals surface area contributed by atoms with Gasteiger partial charge in [0.25, 0.3) is 0 Å². The van der Waals surface area contributed by atoms with E-state index in [1.807, 2.05) is 18.2 Å². The van der Waals surface area contributed by atoms with Crippen molar-refractivity contribution in [1.29, 1.82) is 0 Å². The lowest BCUT2D eigenvalue weighted by Gasteiger charge is -2.31. The highest BCUT2D eigenvalue weighted by Crippen LogP contribution is 2.26. The van der Waals surface area contributed by atoms with E-state index in [1.165, 1.54) is 16.7 Å². The third-order valence-electron chi connectivity index (χ3n) is 6.45. The van der Waals surface area contributed by atoms with Gasteiger partial charge in [0.15, 0.2) is 0 Å². The highest BCUT2D eigenvalue weighted by molar-refractivity contribution is 5.79. The number of fused-ring (bicyclic) bond motifs is 1. The van der Waals surface area contributed by atoms with Crippen LogP contribution in [0.1, 0.15) is 18.4 Å². The molecule has 1 saturated heterocycles. The standard InChI is InChI=1S/C26H27N3O.C2HF3O2/c30-18-20-13-15-29(16-14-20)17-19-5-7-21(8-6-19)22-9-11-23(12-10-22)26-27-24-3-1-2-4-25(24)28-26;3-2(4,5)1(6)7/h1-12,20,30H,13-18H2,(H,27,28);(H,6,7). The molecule has 0 unspecified atom stereocenters. The molecule has 9 heteroatoms. The number of nitrogens with zero attached hydrogens (tertiary/aromatic N) is 2. The maximum atomic E-state index is 10.6. The number of hydrogen-bond acceptors (Lipinski definition) is 4. The number of aliphatic hydroxyl groups excluding tert-OH is 1. The molecular formula is C28H28F3N3O3. The minimum Gasteiger partial charge on any atom is -0.475 e. The molecule has 2 heterocycles. The molecule has 1 fully saturated rings. The predicted molar refractivity (Wildman–Crippen MR) is 136 cm³/mol. The number of aromatic amines is 1. The number of aromatic nitrogens is 2. The fraction of sp³-hybridized carbons (Fsp3) is 0.286. The number of piperidine rings is 1. The number of likely N-dealkylation sites (tertiary alicyclic amines) is 1. The number of aliphatic carboxylic acids is 1. The molecule has 0 spiro atoms. The van der Waals surface area contributed by atoms with Gasteiger partial charge in [-0.1, -0.05) is 60.7 Å². The average molecular weight is 512 g/mol. The first-order valence-corrected chi connectivity index (χ1v) is 12.0. The van der Waals surface area contributed by atoms with Gasteiger partial charge in [0, 0.05) is 18.7 Å². The van der Waals surface area contributed by atoms with E-state index in [2.05, 4.69) is 69.5 Å². The Morgan fingerprint density at radius 2 is 1.46 bits per heavy atom. The van der Waals surface area contributed by atoms with Crippen LogP contribution in [0, 0.1) is 5.92 Å². The van der Waals surface area contributed by atoms with Gasteiger partial charge in [0.1, 0.15) is 5.82 Å². The number of imidazole rings is 1. The van der Waals surface area contributed by atoms with Crippen LogP contribution in [0.2, 0.25) is 0 Å². The van der Waals surface area contributed by atoms with Gasteiger partial charge >= 0.3 is 12.1 Å². The summed E-state index contributed by atoms with van der Waals surface area (Å²) in [5, 5.41) is 16.4. The molecule has 3 N–H and O–H groups in total. The highest BCUT2D eigenvalue weighted by atomic mass is 19.4. The lowest BCUT2D eigenvalue weighted by atomic mass is 9.97. The van der Waals surface area contributed by atoms with Crippen molar-refractivity contribution in [3.63, 3.8) is 0 Å². The molecule has 1 aliphatic rings. The van der Waals surface area contributed by atoms with E-state index in [0.717, 1.165) is 54.9 Å². The monoisotopic (exact) mass is 511 g/mol. The number of carboxylic acids is 1. The maximum absolute atomic E-state index is 10.6. The fourth-order valence-electron chi connectivity index (χ4n) is 4.30. The SMILES string of the molecule is O=C(O)C(F)(F)F.OCC1CCN(Cc2ccc(-c3ccc(-c4nc5ccccc5[nH]4)cc3)cc2)CC1. The first-order chi connectivity index (χ1) is 17.7. The number of hydrogen-bond donors (Lipinski definition) is 3. The van der Waals surface area contributed by atoms with Crippen molar-refractivity contribution in [2.24, 2.45) is 5.92 Å². The zero-order valence-corrected chi connectivity index (χ0v) is 20.1. The van der Waals surface area contributed by atoms with Crippen LogP contribution < -0.4 is 0 Å². The molecule has 5 rings (SSSR count). The van der Waals surface area contributed by atoms with Crippen LogP contribution >= 0.6 is 0 Å². The summed E-state index contributed by atoms with van der Waals surface area (Å²) in [5.74, 6) is -1.36. The summed E-state index contributed by atoms with van der Waals surface area (Å²) in [4.78, 5) is 19.5. The second-order valence-electron chi connectivity index (χ2n) is 9.08. The van der Waals surface area contributed by atoms with Gasteiger partial charge in [-0.3, -0.25) is 4.90 Å². The van der Waals surface area contributed by atoms with Crippen LogP contribution in [0.5, 0.6) is 0 Å². The predicted octanol–water partition coefficient (Wildman–Crippen LogP) is 5.73. The summed E-state index contributed by atoms with van der Waals surface area (Å²) < 4.78 is 31.7. The third kappa shape index (κ3) is 6.96. The zero-order chi connectivity index (χ0) is 26.4. The van der Waals surface area contributed by atoms with Crippen LogP contribution in [0.15, 0.2) is 72.8 Å². The van der Waals surface area contributed by atoms with Crippen molar-refractivity contribution in [3.8, 4) is 22.5 Å². The molecule has 4 aromatic rings. The number of halogens is 3. The lowest BCUT2D eigenvalue weighted by Crippen LogP contribution is -2.34. The summed E-state index contributed by atoms with van der Waals surface area (Å²) in [7, 11) is 0. The molecule has 6 nitrogen and oxygen atoms in total. The first-order valence-electron chi connectivity index (χ1n) is 12.0. The number of rotatable bonds is 5. The van der Waals surface area contributed by atoms with Crippen LogP contribution in [0.25, 0.3) is 33.5 Å². The zero-order valence-electron chi connectivity index (χ0n) is 20.1. The van der Waals surface area contributed by atoms with E-state index in [0.29, 0.717) is 12.5 Å². The molecule has 0 aliphatic carbocycles. The molecule has 1 aromatic heterocycles. The highest BCUT2D eigenvalue weighted by Gasteiger charge is 2.38. The van der Waals surface area contributed by atoms with E-state index in [-0.39, 0.29) is 0 Å². The minimum absolute atomic E-state index is 0.331. The quantitative estimate of drug-likeness (QED) is 0.318. The van der Waals surface area contributed by atoms with Crippen molar-refractivity contribution in [2.75, 3.05) is 19.7 Å². The molecule has 0 saturated carbocycles. The van der Waals surface area contributed by atoms with E-state index >= 15 is 0 Å². The van der Waals surface area contributed by atoms with Gasteiger partial charge in [-0.15, -0.1) is 0 Å². The molecule has 194 valence electrons. The Morgan fingerprint density at radius 1 is 0.919 bits per heavy atom. The third-order valence-corrected chi connectivity index (χ3v) is 6.45. The van der Waals surface area contributed by atoms with Crippen molar-refractivity contribution in [1.82, 2.24) is 14.9 Å². The smallest absolute Gasteiger partial charge is 0.475 e. The molecule has 0 radical (unpaired) electrons. The van der Waals surface area contributed by atoms with Crippen molar-refractivity contribution < 1.29 is 28.2 Å². The minimum atomic E-state index is -5.08. The normalized spacial score (nSPS) is 14.8. The molecule has 37 heavy (non-hydrogen) atoms. The number of aliphatic hydroxyl groups is 1. The Hall–Kier alpha value is -3.69. The largest absolute Gasteiger partial charge is 0.490 e. The number of H-pyrrole nitrogens is 1. The van der Waals surface area contributed by atoms with E-state index in [1.54, 1.807) is 0 Å². The second kappa shape index (κ2) is 11.6. The molecule has 0 atom stereocenters.